The maximum Gasteiger partial charge on any atom is 0.327 e. The van der Waals surface area contributed by atoms with E-state index in [1.54, 1.807) is 13.0 Å². The number of hydrogen-bond donors (Lipinski definition) is 2. The summed E-state index contributed by atoms with van der Waals surface area (Å²) in [6.45, 7) is 3.17. The van der Waals surface area contributed by atoms with Gasteiger partial charge in [0.15, 0.2) is 0 Å². The van der Waals surface area contributed by atoms with Gasteiger partial charge in [-0.15, -0.1) is 0 Å². The van der Waals surface area contributed by atoms with E-state index < -0.39 is 11.5 Å². The molecule has 0 heterocycles. The highest BCUT2D eigenvalue weighted by molar-refractivity contribution is 5.80. The number of hydrogen-bond acceptors (Lipinski definition) is 2. The highest BCUT2D eigenvalue weighted by Crippen LogP contribution is 1.99. The first-order chi connectivity index (χ1) is 4.00. The molecule has 0 bridgehead atoms. The summed E-state index contributed by atoms with van der Waals surface area (Å²) in [6.07, 6.45) is 3.06. The number of carboxylic acids is 1. The van der Waals surface area contributed by atoms with Crippen LogP contribution in [0.1, 0.15) is 13.8 Å². The van der Waals surface area contributed by atoms with Gasteiger partial charge in [-0.2, -0.15) is 0 Å². The second-order valence-corrected chi connectivity index (χ2v) is 2.09. The lowest BCUT2D eigenvalue weighted by Gasteiger charge is -2.12. The Bertz CT molecular complexity index is 138. The van der Waals surface area contributed by atoms with E-state index in [4.69, 9.17) is 10.8 Å². The van der Waals surface area contributed by atoms with Crippen molar-refractivity contribution in [2.45, 2.75) is 19.4 Å². The Kier molecular flexibility index (Phi) is 2.40. The van der Waals surface area contributed by atoms with E-state index in [1.807, 2.05) is 0 Å². The van der Waals surface area contributed by atoms with Crippen LogP contribution in [0.15, 0.2) is 12.2 Å². The molecule has 0 saturated heterocycles. The third kappa shape index (κ3) is 2.28. The van der Waals surface area contributed by atoms with Crippen molar-refractivity contribution in [2.75, 3.05) is 0 Å². The van der Waals surface area contributed by atoms with E-state index in [2.05, 4.69) is 0 Å². The Morgan fingerprint density at radius 1 is 1.78 bits per heavy atom. The third-order valence-electron chi connectivity index (χ3n) is 0.974. The smallest absolute Gasteiger partial charge is 0.327 e. The molecule has 0 radical (unpaired) electrons. The maximum atomic E-state index is 10.2. The van der Waals surface area contributed by atoms with Gasteiger partial charge in [-0.3, -0.25) is 0 Å². The van der Waals surface area contributed by atoms with Gasteiger partial charge in [-0.25, -0.2) is 4.79 Å². The fourth-order valence-corrected chi connectivity index (χ4v) is 0.418. The number of allylic oxidation sites excluding steroid dienone is 1. The molecule has 0 aliphatic rings. The molecule has 0 aliphatic heterocycles. The predicted molar refractivity (Wildman–Crippen MR) is 35.0 cm³/mol. The van der Waals surface area contributed by atoms with Gasteiger partial charge in [0.05, 0.1) is 0 Å². The van der Waals surface area contributed by atoms with Gasteiger partial charge in [-0.05, 0) is 13.8 Å². The Hall–Kier alpha value is -0.830. The van der Waals surface area contributed by atoms with Gasteiger partial charge in [0.2, 0.25) is 0 Å². The van der Waals surface area contributed by atoms with E-state index in [9.17, 15) is 4.79 Å². The molecule has 0 aromatic heterocycles. The van der Waals surface area contributed by atoms with E-state index >= 15 is 0 Å². The minimum absolute atomic E-state index is 1.01. The first kappa shape index (κ1) is 8.17. The quantitative estimate of drug-likeness (QED) is 0.529. The summed E-state index contributed by atoms with van der Waals surface area (Å²) in [5, 5.41) is 8.40. The summed E-state index contributed by atoms with van der Waals surface area (Å²) >= 11 is 0. The van der Waals surface area contributed by atoms with Crippen LogP contribution in [0.2, 0.25) is 0 Å². The standard InChI is InChI=1S/C6H11NO2/c1-3-4-6(2,7)5(8)9/h3-4H,7H2,1-2H3,(H,8,9)/b4-3-. The summed E-state index contributed by atoms with van der Waals surface area (Å²) in [7, 11) is 0. The average Bonchev–Trinajstić information content (AvgIpc) is 1.65. The largest absolute Gasteiger partial charge is 0.480 e. The topological polar surface area (TPSA) is 63.3 Å². The van der Waals surface area contributed by atoms with Crippen LogP contribution in [-0.4, -0.2) is 16.6 Å². The lowest BCUT2D eigenvalue weighted by Crippen LogP contribution is -2.42. The van der Waals surface area contributed by atoms with Gasteiger partial charge >= 0.3 is 5.97 Å². The van der Waals surface area contributed by atoms with Gasteiger partial charge in [-0.1, -0.05) is 12.2 Å². The number of aliphatic carboxylic acids is 1. The molecule has 0 saturated carbocycles. The van der Waals surface area contributed by atoms with Crippen LogP contribution in [0.4, 0.5) is 0 Å². The fourth-order valence-electron chi connectivity index (χ4n) is 0.418. The van der Waals surface area contributed by atoms with Gasteiger partial charge in [0.25, 0.3) is 0 Å². The summed E-state index contributed by atoms with van der Waals surface area (Å²) in [5.74, 6) is -1.01. The summed E-state index contributed by atoms with van der Waals surface area (Å²) in [6, 6.07) is 0. The van der Waals surface area contributed by atoms with Crippen LogP contribution < -0.4 is 5.73 Å². The molecular weight excluding hydrogens is 118 g/mol. The number of carbonyl (C=O) groups is 1. The van der Waals surface area contributed by atoms with Gasteiger partial charge in [0, 0.05) is 0 Å². The zero-order valence-corrected chi connectivity index (χ0v) is 5.59. The lowest BCUT2D eigenvalue weighted by atomic mass is 10.0. The van der Waals surface area contributed by atoms with E-state index in [1.165, 1.54) is 13.0 Å². The van der Waals surface area contributed by atoms with Crippen molar-refractivity contribution in [3.8, 4) is 0 Å². The summed E-state index contributed by atoms with van der Waals surface area (Å²) in [5.41, 5.74) is 4.07. The first-order valence-corrected chi connectivity index (χ1v) is 2.67. The first-order valence-electron chi connectivity index (χ1n) is 2.67. The van der Waals surface area contributed by atoms with E-state index in [0.29, 0.717) is 0 Å². The fraction of sp³-hybridized carbons (Fsp3) is 0.500. The number of carboxylic acid groups (broad SMARTS) is 1. The second-order valence-electron chi connectivity index (χ2n) is 2.09. The molecule has 0 rings (SSSR count). The second kappa shape index (κ2) is 2.64. The molecule has 3 nitrogen and oxygen atoms in total. The molecule has 1 atom stereocenters. The zero-order valence-electron chi connectivity index (χ0n) is 5.59. The van der Waals surface area contributed by atoms with Crippen LogP contribution in [0, 0.1) is 0 Å². The molecule has 52 valence electrons. The Morgan fingerprint density at radius 2 is 2.22 bits per heavy atom. The van der Waals surface area contributed by atoms with Crippen LogP contribution in [-0.2, 0) is 4.79 Å². The van der Waals surface area contributed by atoms with E-state index in [0.717, 1.165) is 0 Å². The normalized spacial score (nSPS) is 17.7. The highest BCUT2D eigenvalue weighted by Gasteiger charge is 2.22. The van der Waals surface area contributed by atoms with Gasteiger partial charge in [0.1, 0.15) is 5.54 Å². The molecule has 3 N–H and O–H groups in total. The third-order valence-corrected chi connectivity index (χ3v) is 0.974. The molecule has 0 aromatic rings. The van der Waals surface area contributed by atoms with Crippen molar-refractivity contribution in [1.29, 1.82) is 0 Å². The van der Waals surface area contributed by atoms with Crippen LogP contribution >= 0.6 is 0 Å². The Balaban J connectivity index is 4.19. The lowest BCUT2D eigenvalue weighted by molar-refractivity contribution is -0.140. The average molecular weight is 129 g/mol. The molecule has 0 spiro atoms. The van der Waals surface area contributed by atoms with Crippen LogP contribution in [0.5, 0.6) is 0 Å². The minimum Gasteiger partial charge on any atom is -0.480 e. The molecule has 0 aliphatic carbocycles. The maximum absolute atomic E-state index is 10.2. The predicted octanol–water partition coefficient (Wildman–Crippen LogP) is 0.365. The van der Waals surface area contributed by atoms with Crippen molar-refractivity contribution >= 4 is 5.97 Å². The molecular formula is C6H11NO2. The van der Waals surface area contributed by atoms with Crippen molar-refractivity contribution in [3.63, 3.8) is 0 Å². The summed E-state index contributed by atoms with van der Waals surface area (Å²) < 4.78 is 0. The molecule has 3 heteroatoms. The van der Waals surface area contributed by atoms with Crippen molar-refractivity contribution < 1.29 is 9.90 Å². The van der Waals surface area contributed by atoms with E-state index in [-0.39, 0.29) is 0 Å². The Morgan fingerprint density at radius 3 is 2.33 bits per heavy atom. The number of rotatable bonds is 2. The molecule has 0 fully saturated rings. The monoisotopic (exact) mass is 129 g/mol. The SMILES string of the molecule is C/C=C\C(C)(N)C(=O)O. The summed E-state index contributed by atoms with van der Waals surface area (Å²) in [4.78, 5) is 10.2. The van der Waals surface area contributed by atoms with Crippen molar-refractivity contribution in [1.82, 2.24) is 0 Å². The molecule has 0 aromatic carbocycles. The Labute approximate surface area is 54.2 Å². The van der Waals surface area contributed by atoms with Crippen molar-refractivity contribution in [3.05, 3.63) is 12.2 Å². The number of nitrogens with two attached hydrogens (primary N) is 1. The zero-order chi connectivity index (χ0) is 7.49. The minimum atomic E-state index is -1.21. The van der Waals surface area contributed by atoms with Gasteiger partial charge < -0.3 is 10.8 Å². The van der Waals surface area contributed by atoms with Crippen molar-refractivity contribution in [2.24, 2.45) is 5.73 Å². The molecule has 9 heavy (non-hydrogen) atoms. The molecule has 1 unspecified atom stereocenters. The van der Waals surface area contributed by atoms with Crippen LogP contribution in [0.25, 0.3) is 0 Å². The van der Waals surface area contributed by atoms with Crippen LogP contribution in [0.3, 0.4) is 0 Å². The molecule has 0 amide bonds. The highest BCUT2D eigenvalue weighted by atomic mass is 16.4.